The summed E-state index contributed by atoms with van der Waals surface area (Å²) >= 11 is 0. The number of aliphatic hydroxyl groups excluding tert-OH is 1. The molecular weight excluding hydrogens is 594 g/mol. The standard InChI is InChI=1S/C29H39N5O6.BrH/c1-8-40-22-11-17-12-34(27(30)24(17)32-25(22)28(37)31-5)13-20(35)16-9-18(29(2,3)4)26(39-7)19(10-16)33-14-21(36)23(15-33)38-6;/h9-11,21,23,30,36H,8,12-15H2,1-7H3,(H,31,37);1H. The van der Waals surface area contributed by atoms with Crippen molar-refractivity contribution in [2.75, 3.05) is 52.4 Å². The number of carbonyl (C=O) groups excluding carboxylic acids is 2. The highest BCUT2D eigenvalue weighted by molar-refractivity contribution is 8.93. The number of ketones is 1. The van der Waals surface area contributed by atoms with E-state index in [0.717, 1.165) is 16.8 Å². The Balaban J connectivity index is 0.00000462. The molecule has 224 valence electrons. The number of Topliss-reactive ketones (excluding diaryl/α,β-unsaturated/α-hetero) is 1. The monoisotopic (exact) mass is 633 g/mol. The average Bonchev–Trinajstić information content (AvgIpc) is 3.44. The molecule has 12 heteroatoms. The largest absolute Gasteiger partial charge is 0.494 e. The molecule has 2 unspecified atom stereocenters. The number of nitrogens with one attached hydrogen (secondary N) is 2. The predicted octanol–water partition coefficient (Wildman–Crippen LogP) is 2.94. The van der Waals surface area contributed by atoms with Crippen LogP contribution in [0.25, 0.3) is 0 Å². The van der Waals surface area contributed by atoms with Crippen LogP contribution in [0.1, 0.15) is 65.4 Å². The number of aromatic nitrogens is 1. The third-order valence-corrected chi connectivity index (χ3v) is 7.33. The number of ether oxygens (including phenoxy) is 3. The zero-order valence-electron chi connectivity index (χ0n) is 24.7. The lowest BCUT2D eigenvalue weighted by Gasteiger charge is -2.29. The van der Waals surface area contributed by atoms with Crippen LogP contribution in [0.15, 0.2) is 18.2 Å². The van der Waals surface area contributed by atoms with Gasteiger partial charge in [-0.25, -0.2) is 4.98 Å². The maximum atomic E-state index is 13.7. The Hall–Kier alpha value is -3.22. The summed E-state index contributed by atoms with van der Waals surface area (Å²) in [6.45, 7) is 9.40. The number of fused-ring (bicyclic) bond motifs is 1. The smallest absolute Gasteiger partial charge is 0.273 e. The molecule has 2 aliphatic heterocycles. The number of rotatable bonds is 9. The summed E-state index contributed by atoms with van der Waals surface area (Å²) in [6.07, 6.45) is -1.01. The summed E-state index contributed by atoms with van der Waals surface area (Å²) in [4.78, 5) is 34.2. The number of hydrogen-bond acceptors (Lipinski definition) is 9. The Morgan fingerprint density at radius 1 is 1.20 bits per heavy atom. The lowest BCUT2D eigenvalue weighted by Crippen LogP contribution is -2.31. The van der Waals surface area contributed by atoms with Gasteiger partial charge in [0.15, 0.2) is 17.2 Å². The number of β-amino-alcohol motifs (C(OH)–C–C–N with tert-alkyl or cyclic N) is 1. The van der Waals surface area contributed by atoms with E-state index in [0.29, 0.717) is 49.0 Å². The number of halogens is 1. The maximum absolute atomic E-state index is 13.7. The van der Waals surface area contributed by atoms with Crippen LogP contribution < -0.4 is 19.7 Å². The van der Waals surface area contributed by atoms with E-state index in [2.05, 4.69) is 31.1 Å². The molecule has 41 heavy (non-hydrogen) atoms. The van der Waals surface area contributed by atoms with Crippen LogP contribution in [0.3, 0.4) is 0 Å². The second kappa shape index (κ2) is 12.7. The molecule has 1 aromatic carbocycles. The van der Waals surface area contributed by atoms with Crippen LogP contribution in [0.4, 0.5) is 5.69 Å². The lowest BCUT2D eigenvalue weighted by molar-refractivity contribution is 0.0217. The zero-order valence-corrected chi connectivity index (χ0v) is 26.4. The van der Waals surface area contributed by atoms with Gasteiger partial charge < -0.3 is 34.4 Å². The van der Waals surface area contributed by atoms with Gasteiger partial charge in [-0.05, 0) is 30.5 Å². The molecule has 2 aliphatic rings. The Kier molecular flexibility index (Phi) is 10.0. The summed E-state index contributed by atoms with van der Waals surface area (Å²) in [5.74, 6) is 0.498. The van der Waals surface area contributed by atoms with Gasteiger partial charge in [0.05, 0.1) is 32.1 Å². The summed E-state index contributed by atoms with van der Waals surface area (Å²) in [6, 6.07) is 5.37. The molecule has 2 aromatic rings. The van der Waals surface area contributed by atoms with E-state index in [4.69, 9.17) is 19.6 Å². The first-order valence-electron chi connectivity index (χ1n) is 13.4. The first-order valence-corrected chi connectivity index (χ1v) is 13.4. The van der Waals surface area contributed by atoms with Gasteiger partial charge in [0.2, 0.25) is 0 Å². The summed E-state index contributed by atoms with van der Waals surface area (Å²) in [7, 11) is 4.69. The highest BCUT2D eigenvalue weighted by atomic mass is 79.9. The minimum atomic E-state index is -0.663. The van der Waals surface area contributed by atoms with E-state index in [-0.39, 0.29) is 52.4 Å². The van der Waals surface area contributed by atoms with E-state index in [9.17, 15) is 14.7 Å². The molecule has 2 atom stereocenters. The molecule has 1 saturated heterocycles. The second-order valence-corrected chi connectivity index (χ2v) is 11.1. The van der Waals surface area contributed by atoms with E-state index >= 15 is 0 Å². The van der Waals surface area contributed by atoms with Gasteiger partial charge in [0, 0.05) is 50.5 Å². The molecule has 1 aromatic heterocycles. The highest BCUT2D eigenvalue weighted by Crippen LogP contribution is 2.41. The van der Waals surface area contributed by atoms with E-state index < -0.39 is 12.0 Å². The molecule has 0 bridgehead atoms. The molecule has 3 heterocycles. The van der Waals surface area contributed by atoms with Crippen molar-refractivity contribution >= 4 is 40.2 Å². The van der Waals surface area contributed by atoms with Crippen molar-refractivity contribution in [1.82, 2.24) is 15.2 Å². The first-order chi connectivity index (χ1) is 18.9. The normalized spacial score (nSPS) is 18.2. The van der Waals surface area contributed by atoms with Crippen molar-refractivity contribution in [3.05, 3.63) is 46.3 Å². The number of hydrogen-bond donors (Lipinski definition) is 3. The van der Waals surface area contributed by atoms with Crippen LogP contribution in [0.2, 0.25) is 0 Å². The van der Waals surface area contributed by atoms with Gasteiger partial charge >= 0.3 is 0 Å². The van der Waals surface area contributed by atoms with Crippen molar-refractivity contribution in [2.45, 2.75) is 51.9 Å². The average molecular weight is 635 g/mol. The summed E-state index contributed by atoms with van der Waals surface area (Å²) < 4.78 is 16.9. The Labute approximate surface area is 251 Å². The molecule has 0 saturated carbocycles. The third-order valence-electron chi connectivity index (χ3n) is 7.33. The van der Waals surface area contributed by atoms with Crippen LogP contribution >= 0.6 is 17.0 Å². The highest BCUT2D eigenvalue weighted by Gasteiger charge is 2.36. The molecule has 0 radical (unpaired) electrons. The van der Waals surface area contributed by atoms with Crippen molar-refractivity contribution in [1.29, 1.82) is 5.41 Å². The first kappa shape index (κ1) is 32.3. The van der Waals surface area contributed by atoms with E-state index in [1.54, 1.807) is 31.3 Å². The fourth-order valence-electron chi connectivity index (χ4n) is 5.21. The summed E-state index contributed by atoms with van der Waals surface area (Å²) in [5, 5.41) is 21.8. The minimum absolute atomic E-state index is 0. The number of nitrogens with zero attached hydrogens (tertiary/aromatic N) is 3. The molecule has 0 aliphatic carbocycles. The van der Waals surface area contributed by atoms with E-state index in [1.165, 1.54) is 7.05 Å². The molecule has 1 amide bonds. The number of methoxy groups -OCH3 is 2. The van der Waals surface area contributed by atoms with Crippen molar-refractivity contribution < 1.29 is 28.9 Å². The Morgan fingerprint density at radius 2 is 1.90 bits per heavy atom. The van der Waals surface area contributed by atoms with Crippen molar-refractivity contribution in [2.24, 2.45) is 0 Å². The van der Waals surface area contributed by atoms with Gasteiger partial charge in [0.1, 0.15) is 23.4 Å². The number of amides is 1. The molecule has 0 spiro atoms. The zero-order chi connectivity index (χ0) is 29.4. The molecular formula is C29H40BrN5O6. The maximum Gasteiger partial charge on any atom is 0.273 e. The van der Waals surface area contributed by atoms with Crippen LogP contribution in [-0.4, -0.2) is 92.2 Å². The topological polar surface area (TPSA) is 137 Å². The molecule has 3 N–H and O–H groups in total. The van der Waals surface area contributed by atoms with Crippen molar-refractivity contribution in [3.8, 4) is 11.5 Å². The van der Waals surface area contributed by atoms with Crippen LogP contribution in [-0.2, 0) is 16.7 Å². The second-order valence-electron chi connectivity index (χ2n) is 11.1. The Morgan fingerprint density at radius 3 is 2.46 bits per heavy atom. The molecule has 4 rings (SSSR count). The summed E-state index contributed by atoms with van der Waals surface area (Å²) in [5.41, 5.74) is 2.92. The molecule has 1 fully saturated rings. The number of anilines is 1. The number of benzene rings is 1. The minimum Gasteiger partial charge on any atom is -0.494 e. The predicted molar refractivity (Wildman–Crippen MR) is 161 cm³/mol. The fourth-order valence-corrected chi connectivity index (χ4v) is 5.21. The third kappa shape index (κ3) is 6.34. The number of carbonyl (C=O) groups is 2. The van der Waals surface area contributed by atoms with Gasteiger partial charge in [-0.15, -0.1) is 17.0 Å². The fraction of sp³-hybridized carbons (Fsp3) is 0.517. The van der Waals surface area contributed by atoms with Crippen molar-refractivity contribution in [3.63, 3.8) is 0 Å². The number of pyridine rings is 1. The van der Waals surface area contributed by atoms with Gasteiger partial charge in [-0.3, -0.25) is 15.0 Å². The van der Waals surface area contributed by atoms with Crippen LogP contribution in [0, 0.1) is 5.41 Å². The quantitative estimate of drug-likeness (QED) is 0.356. The van der Waals surface area contributed by atoms with Gasteiger partial charge in [-0.1, -0.05) is 20.8 Å². The Bertz CT molecular complexity index is 1330. The number of amidine groups is 1. The van der Waals surface area contributed by atoms with Gasteiger partial charge in [-0.2, -0.15) is 0 Å². The SMILES string of the molecule is Br.CCOc1cc2c(nc1C(=O)NC)C(=N)N(CC(=O)c1cc(N3CC(O)C(OC)C3)c(OC)c(C(C)(C)C)c1)C2. The van der Waals surface area contributed by atoms with Crippen LogP contribution in [0.5, 0.6) is 11.5 Å². The lowest BCUT2D eigenvalue weighted by atomic mass is 9.84. The number of aliphatic hydroxyl groups is 1. The van der Waals surface area contributed by atoms with E-state index in [1.807, 2.05) is 17.9 Å². The molecule has 11 nitrogen and oxygen atoms in total. The van der Waals surface area contributed by atoms with Gasteiger partial charge in [0.25, 0.3) is 5.91 Å².